The molecular formula is C13H19NO2. The molecule has 0 aliphatic carbocycles. The van der Waals surface area contributed by atoms with Gasteiger partial charge >= 0.3 is 5.97 Å². The first-order valence-electron chi connectivity index (χ1n) is 5.65. The highest BCUT2D eigenvalue weighted by atomic mass is 16.5. The molecule has 0 saturated heterocycles. The van der Waals surface area contributed by atoms with Gasteiger partial charge in [0.25, 0.3) is 0 Å². The first-order chi connectivity index (χ1) is 7.56. The Kier molecular flexibility index (Phi) is 4.47. The van der Waals surface area contributed by atoms with Crippen LogP contribution in [-0.4, -0.2) is 18.1 Å². The molecule has 0 fully saturated rings. The fourth-order valence-corrected chi connectivity index (χ4v) is 1.59. The van der Waals surface area contributed by atoms with Crippen LogP contribution in [0.15, 0.2) is 12.1 Å². The predicted octanol–water partition coefficient (Wildman–Crippen LogP) is 2.63. The zero-order chi connectivity index (χ0) is 12.1. The number of aryl methyl sites for hydroxylation is 1. The van der Waals surface area contributed by atoms with E-state index in [9.17, 15) is 4.79 Å². The van der Waals surface area contributed by atoms with Gasteiger partial charge in [-0.1, -0.05) is 20.8 Å². The molecule has 0 radical (unpaired) electrons. The molecular weight excluding hydrogens is 202 g/mol. The Bertz CT molecular complexity index is 372. The Labute approximate surface area is 96.8 Å². The molecule has 0 saturated carbocycles. The molecule has 0 N–H and O–H groups in total. The van der Waals surface area contributed by atoms with Gasteiger partial charge in [-0.15, -0.1) is 0 Å². The Morgan fingerprint density at radius 3 is 2.62 bits per heavy atom. The van der Waals surface area contributed by atoms with Gasteiger partial charge in [0.15, 0.2) is 0 Å². The molecule has 88 valence electrons. The van der Waals surface area contributed by atoms with E-state index in [4.69, 9.17) is 4.74 Å². The molecule has 0 amide bonds. The van der Waals surface area contributed by atoms with Crippen LogP contribution in [0.5, 0.6) is 0 Å². The van der Waals surface area contributed by atoms with Gasteiger partial charge in [-0.3, -0.25) is 0 Å². The van der Waals surface area contributed by atoms with Crippen molar-refractivity contribution in [1.29, 1.82) is 0 Å². The number of rotatable bonds is 4. The minimum atomic E-state index is -0.361. The standard InChI is InChI=1S/C13H19NO2/c1-5-10-7-11(6-9(2)3)14-12(8-10)13(15)16-4/h7-9H,5-6H2,1-4H3. The number of carbonyl (C=O) groups is 1. The van der Waals surface area contributed by atoms with Crippen LogP contribution in [0.4, 0.5) is 0 Å². The lowest BCUT2D eigenvalue weighted by atomic mass is 10.0. The van der Waals surface area contributed by atoms with E-state index >= 15 is 0 Å². The third-order valence-corrected chi connectivity index (χ3v) is 2.36. The molecule has 0 bridgehead atoms. The average Bonchev–Trinajstić information content (AvgIpc) is 2.26. The van der Waals surface area contributed by atoms with E-state index in [1.807, 2.05) is 0 Å². The fraction of sp³-hybridized carbons (Fsp3) is 0.538. The SMILES string of the molecule is CCc1cc(CC(C)C)nc(C(=O)OC)c1. The van der Waals surface area contributed by atoms with Gasteiger partial charge in [0.2, 0.25) is 0 Å². The first-order valence-corrected chi connectivity index (χ1v) is 5.65. The molecule has 0 aromatic carbocycles. The maximum absolute atomic E-state index is 11.4. The van der Waals surface area contributed by atoms with Crippen molar-refractivity contribution in [3.63, 3.8) is 0 Å². The van der Waals surface area contributed by atoms with Crippen LogP contribution in [0, 0.1) is 5.92 Å². The van der Waals surface area contributed by atoms with Crippen molar-refractivity contribution in [2.45, 2.75) is 33.6 Å². The van der Waals surface area contributed by atoms with Crippen LogP contribution in [0.2, 0.25) is 0 Å². The van der Waals surface area contributed by atoms with Crippen molar-refractivity contribution in [3.05, 3.63) is 29.1 Å². The summed E-state index contributed by atoms with van der Waals surface area (Å²) in [5.41, 5.74) is 2.51. The number of pyridine rings is 1. The van der Waals surface area contributed by atoms with Crippen molar-refractivity contribution in [2.24, 2.45) is 5.92 Å². The second-order valence-corrected chi connectivity index (χ2v) is 4.30. The molecule has 3 nitrogen and oxygen atoms in total. The summed E-state index contributed by atoms with van der Waals surface area (Å²) in [4.78, 5) is 15.8. The number of carbonyl (C=O) groups excluding carboxylic acids is 1. The number of ether oxygens (including phenoxy) is 1. The average molecular weight is 221 g/mol. The molecule has 3 heteroatoms. The minimum absolute atomic E-state index is 0.361. The molecule has 0 unspecified atom stereocenters. The van der Waals surface area contributed by atoms with Gasteiger partial charge in [-0.05, 0) is 36.5 Å². The van der Waals surface area contributed by atoms with Crippen molar-refractivity contribution in [3.8, 4) is 0 Å². The Hall–Kier alpha value is -1.38. The Balaban J connectivity index is 3.05. The van der Waals surface area contributed by atoms with Crippen LogP contribution in [0.3, 0.4) is 0 Å². The number of methoxy groups -OCH3 is 1. The molecule has 1 heterocycles. The second-order valence-electron chi connectivity index (χ2n) is 4.30. The van der Waals surface area contributed by atoms with Crippen LogP contribution in [0.25, 0.3) is 0 Å². The first kappa shape index (κ1) is 12.7. The summed E-state index contributed by atoms with van der Waals surface area (Å²) in [6.45, 7) is 6.34. The van der Waals surface area contributed by atoms with Crippen LogP contribution >= 0.6 is 0 Å². The summed E-state index contributed by atoms with van der Waals surface area (Å²) in [7, 11) is 1.38. The van der Waals surface area contributed by atoms with Crippen molar-refractivity contribution in [1.82, 2.24) is 4.98 Å². The van der Waals surface area contributed by atoms with E-state index in [1.165, 1.54) is 7.11 Å². The van der Waals surface area contributed by atoms with Crippen LogP contribution < -0.4 is 0 Å². The highest BCUT2D eigenvalue weighted by molar-refractivity contribution is 5.87. The third kappa shape index (κ3) is 3.33. The topological polar surface area (TPSA) is 39.2 Å². The lowest BCUT2D eigenvalue weighted by Crippen LogP contribution is -2.08. The normalized spacial score (nSPS) is 10.6. The number of hydrogen-bond acceptors (Lipinski definition) is 3. The monoisotopic (exact) mass is 221 g/mol. The van der Waals surface area contributed by atoms with Gasteiger partial charge in [0.1, 0.15) is 5.69 Å². The van der Waals surface area contributed by atoms with Crippen LogP contribution in [-0.2, 0) is 17.6 Å². The molecule has 1 aromatic heterocycles. The molecule has 0 spiro atoms. The maximum atomic E-state index is 11.4. The molecule has 0 atom stereocenters. The zero-order valence-corrected chi connectivity index (χ0v) is 10.4. The smallest absolute Gasteiger partial charge is 0.356 e. The number of aromatic nitrogens is 1. The van der Waals surface area contributed by atoms with Crippen LogP contribution in [0.1, 0.15) is 42.5 Å². The lowest BCUT2D eigenvalue weighted by Gasteiger charge is -2.08. The van der Waals surface area contributed by atoms with Crippen molar-refractivity contribution >= 4 is 5.97 Å². The lowest BCUT2D eigenvalue weighted by molar-refractivity contribution is 0.0593. The molecule has 1 aromatic rings. The van der Waals surface area contributed by atoms with E-state index in [2.05, 4.69) is 31.8 Å². The van der Waals surface area contributed by atoms with E-state index in [0.717, 1.165) is 24.1 Å². The highest BCUT2D eigenvalue weighted by Gasteiger charge is 2.10. The maximum Gasteiger partial charge on any atom is 0.356 e. The van der Waals surface area contributed by atoms with E-state index in [1.54, 1.807) is 6.07 Å². The summed E-state index contributed by atoms with van der Waals surface area (Å²) < 4.78 is 4.69. The largest absolute Gasteiger partial charge is 0.464 e. The minimum Gasteiger partial charge on any atom is -0.464 e. The summed E-state index contributed by atoms with van der Waals surface area (Å²) in [6.07, 6.45) is 1.79. The summed E-state index contributed by atoms with van der Waals surface area (Å²) >= 11 is 0. The van der Waals surface area contributed by atoms with Gasteiger partial charge in [-0.25, -0.2) is 9.78 Å². The number of hydrogen-bond donors (Lipinski definition) is 0. The van der Waals surface area contributed by atoms with Crippen molar-refractivity contribution < 1.29 is 9.53 Å². The highest BCUT2D eigenvalue weighted by Crippen LogP contribution is 2.12. The second kappa shape index (κ2) is 5.64. The Morgan fingerprint density at radius 1 is 1.44 bits per heavy atom. The Morgan fingerprint density at radius 2 is 2.12 bits per heavy atom. The zero-order valence-electron chi connectivity index (χ0n) is 10.4. The summed E-state index contributed by atoms with van der Waals surface area (Å²) in [5.74, 6) is 0.172. The number of esters is 1. The van der Waals surface area contributed by atoms with Gasteiger partial charge in [0, 0.05) is 5.69 Å². The fourth-order valence-electron chi connectivity index (χ4n) is 1.59. The van der Waals surface area contributed by atoms with E-state index in [-0.39, 0.29) is 5.97 Å². The summed E-state index contributed by atoms with van der Waals surface area (Å²) in [5, 5.41) is 0. The third-order valence-electron chi connectivity index (χ3n) is 2.36. The van der Waals surface area contributed by atoms with Gasteiger partial charge in [-0.2, -0.15) is 0 Å². The van der Waals surface area contributed by atoms with Crippen molar-refractivity contribution in [2.75, 3.05) is 7.11 Å². The molecule has 1 rings (SSSR count). The summed E-state index contributed by atoms with van der Waals surface area (Å²) in [6, 6.07) is 3.86. The van der Waals surface area contributed by atoms with Gasteiger partial charge < -0.3 is 4.74 Å². The van der Waals surface area contributed by atoms with Gasteiger partial charge in [0.05, 0.1) is 7.11 Å². The van der Waals surface area contributed by atoms with E-state index < -0.39 is 0 Å². The molecule has 16 heavy (non-hydrogen) atoms. The quantitative estimate of drug-likeness (QED) is 0.734. The van der Waals surface area contributed by atoms with E-state index in [0.29, 0.717) is 11.6 Å². The molecule has 0 aliphatic heterocycles. The number of nitrogens with zero attached hydrogens (tertiary/aromatic N) is 1. The molecule has 0 aliphatic rings. The predicted molar refractivity (Wildman–Crippen MR) is 63.5 cm³/mol.